The van der Waals surface area contributed by atoms with Crippen molar-refractivity contribution in [2.75, 3.05) is 26.2 Å². The standard InChI is InChI=1S/C7H15N3O.C5H10O2/c1-6(8)7(11)10-4-2-9-3-5-10;1-2-3-4-5(6)7/h6,9H,2-5,8H2,1H3;2-4H2,1H3,(H,6,7). The molecule has 1 aliphatic rings. The topological polar surface area (TPSA) is 95.7 Å². The molecule has 6 heteroatoms. The molecule has 0 bridgehead atoms. The first-order valence-corrected chi connectivity index (χ1v) is 6.46. The molecule has 4 N–H and O–H groups in total. The van der Waals surface area contributed by atoms with Crippen molar-refractivity contribution in [2.24, 2.45) is 5.73 Å². The largest absolute Gasteiger partial charge is 0.481 e. The van der Waals surface area contributed by atoms with E-state index in [0.717, 1.165) is 39.0 Å². The number of amides is 1. The third kappa shape index (κ3) is 8.03. The molecule has 1 rings (SSSR count). The van der Waals surface area contributed by atoms with Crippen molar-refractivity contribution in [1.29, 1.82) is 0 Å². The van der Waals surface area contributed by atoms with E-state index in [9.17, 15) is 9.59 Å². The number of nitrogens with one attached hydrogen (secondary N) is 1. The van der Waals surface area contributed by atoms with Crippen LogP contribution < -0.4 is 11.1 Å². The van der Waals surface area contributed by atoms with Gasteiger partial charge in [0.05, 0.1) is 6.04 Å². The molecular formula is C12H25N3O3. The Labute approximate surface area is 109 Å². The van der Waals surface area contributed by atoms with Crippen LogP contribution in [0.15, 0.2) is 0 Å². The first kappa shape index (κ1) is 16.9. The maximum Gasteiger partial charge on any atom is 0.303 e. The van der Waals surface area contributed by atoms with E-state index in [1.807, 2.05) is 6.92 Å². The molecule has 1 aliphatic heterocycles. The zero-order chi connectivity index (χ0) is 14.0. The van der Waals surface area contributed by atoms with Gasteiger partial charge in [-0.15, -0.1) is 0 Å². The number of piperazine rings is 1. The summed E-state index contributed by atoms with van der Waals surface area (Å²) in [4.78, 5) is 22.8. The summed E-state index contributed by atoms with van der Waals surface area (Å²) < 4.78 is 0. The molecule has 18 heavy (non-hydrogen) atoms. The number of aliphatic carboxylic acids is 1. The lowest BCUT2D eigenvalue weighted by molar-refractivity contribution is -0.137. The summed E-state index contributed by atoms with van der Waals surface area (Å²) in [7, 11) is 0. The van der Waals surface area contributed by atoms with Crippen LogP contribution in [0.1, 0.15) is 33.1 Å². The van der Waals surface area contributed by atoms with Gasteiger partial charge in [0, 0.05) is 32.6 Å². The second-order valence-electron chi connectivity index (χ2n) is 4.36. The minimum absolute atomic E-state index is 0.0616. The fourth-order valence-electron chi connectivity index (χ4n) is 1.50. The number of nitrogens with zero attached hydrogens (tertiary/aromatic N) is 1. The summed E-state index contributed by atoms with van der Waals surface area (Å²) in [5.74, 6) is -0.631. The fraction of sp³-hybridized carbons (Fsp3) is 0.833. The van der Waals surface area contributed by atoms with E-state index in [-0.39, 0.29) is 11.9 Å². The van der Waals surface area contributed by atoms with Gasteiger partial charge in [-0.2, -0.15) is 0 Å². The van der Waals surface area contributed by atoms with Crippen molar-refractivity contribution >= 4 is 11.9 Å². The van der Waals surface area contributed by atoms with Crippen LogP contribution in [0.3, 0.4) is 0 Å². The minimum atomic E-state index is -0.693. The molecule has 106 valence electrons. The first-order valence-electron chi connectivity index (χ1n) is 6.46. The molecule has 0 spiro atoms. The van der Waals surface area contributed by atoms with Crippen molar-refractivity contribution in [2.45, 2.75) is 39.2 Å². The van der Waals surface area contributed by atoms with Gasteiger partial charge >= 0.3 is 5.97 Å². The summed E-state index contributed by atoms with van der Waals surface area (Å²) >= 11 is 0. The van der Waals surface area contributed by atoms with Crippen molar-refractivity contribution in [3.63, 3.8) is 0 Å². The highest BCUT2D eigenvalue weighted by molar-refractivity contribution is 5.81. The Morgan fingerprint density at radius 2 is 1.94 bits per heavy atom. The Balaban J connectivity index is 0.000000360. The number of hydrogen-bond donors (Lipinski definition) is 3. The third-order valence-corrected chi connectivity index (χ3v) is 2.56. The average Bonchev–Trinajstić information content (AvgIpc) is 2.37. The zero-order valence-corrected chi connectivity index (χ0v) is 11.3. The first-order chi connectivity index (χ1) is 8.49. The fourth-order valence-corrected chi connectivity index (χ4v) is 1.50. The van der Waals surface area contributed by atoms with Gasteiger partial charge in [0.2, 0.25) is 5.91 Å². The SMILES string of the molecule is CC(N)C(=O)N1CCNCC1.CCCCC(=O)O. The van der Waals surface area contributed by atoms with Crippen LogP contribution in [-0.2, 0) is 9.59 Å². The molecule has 0 aromatic carbocycles. The van der Waals surface area contributed by atoms with Crippen LogP contribution in [0.25, 0.3) is 0 Å². The number of carboxylic acid groups (broad SMARTS) is 1. The molecule has 1 unspecified atom stereocenters. The van der Waals surface area contributed by atoms with Gasteiger partial charge in [0.1, 0.15) is 0 Å². The van der Waals surface area contributed by atoms with Crippen LogP contribution in [0.4, 0.5) is 0 Å². The lowest BCUT2D eigenvalue weighted by Crippen LogP contribution is -2.51. The highest BCUT2D eigenvalue weighted by atomic mass is 16.4. The molecule has 1 amide bonds. The van der Waals surface area contributed by atoms with Crippen LogP contribution in [0.5, 0.6) is 0 Å². The molecular weight excluding hydrogens is 234 g/mol. The van der Waals surface area contributed by atoms with Crippen molar-refractivity contribution in [1.82, 2.24) is 10.2 Å². The second kappa shape index (κ2) is 9.85. The van der Waals surface area contributed by atoms with E-state index in [2.05, 4.69) is 5.32 Å². The molecule has 1 heterocycles. The quantitative estimate of drug-likeness (QED) is 0.662. The predicted octanol–water partition coefficient (Wildman–Crippen LogP) is 0.0266. The summed E-state index contributed by atoms with van der Waals surface area (Å²) in [6, 6.07) is -0.354. The smallest absolute Gasteiger partial charge is 0.303 e. The summed E-state index contributed by atoms with van der Waals surface area (Å²) in [5.41, 5.74) is 5.46. The van der Waals surface area contributed by atoms with Gasteiger partial charge in [0.25, 0.3) is 0 Å². The average molecular weight is 259 g/mol. The van der Waals surface area contributed by atoms with E-state index in [0.29, 0.717) is 6.42 Å². The molecule has 1 atom stereocenters. The Morgan fingerprint density at radius 3 is 2.28 bits per heavy atom. The minimum Gasteiger partial charge on any atom is -0.481 e. The molecule has 6 nitrogen and oxygen atoms in total. The third-order valence-electron chi connectivity index (χ3n) is 2.56. The molecule has 0 aliphatic carbocycles. The highest BCUT2D eigenvalue weighted by Gasteiger charge is 2.18. The Kier molecular flexibility index (Phi) is 9.22. The molecule has 0 radical (unpaired) electrons. The monoisotopic (exact) mass is 259 g/mol. The van der Waals surface area contributed by atoms with Crippen LogP contribution >= 0.6 is 0 Å². The lowest BCUT2D eigenvalue weighted by Gasteiger charge is -2.28. The predicted molar refractivity (Wildman–Crippen MR) is 70.3 cm³/mol. The number of hydrogen-bond acceptors (Lipinski definition) is 4. The Bertz CT molecular complexity index is 251. The molecule has 0 saturated carbocycles. The van der Waals surface area contributed by atoms with E-state index < -0.39 is 5.97 Å². The molecule has 1 saturated heterocycles. The van der Waals surface area contributed by atoms with Gasteiger partial charge in [-0.25, -0.2) is 0 Å². The second-order valence-corrected chi connectivity index (χ2v) is 4.36. The highest BCUT2D eigenvalue weighted by Crippen LogP contribution is 1.95. The van der Waals surface area contributed by atoms with Gasteiger partial charge in [-0.3, -0.25) is 9.59 Å². The van der Waals surface area contributed by atoms with E-state index in [1.54, 1.807) is 11.8 Å². The summed E-state index contributed by atoms with van der Waals surface area (Å²) in [6.07, 6.45) is 2.08. The number of nitrogens with two attached hydrogens (primary N) is 1. The number of rotatable bonds is 4. The Morgan fingerprint density at radius 1 is 1.39 bits per heavy atom. The van der Waals surface area contributed by atoms with Crippen LogP contribution in [-0.4, -0.2) is 54.1 Å². The number of carboxylic acids is 1. The van der Waals surface area contributed by atoms with Crippen molar-refractivity contribution in [3.8, 4) is 0 Å². The zero-order valence-electron chi connectivity index (χ0n) is 11.3. The Hall–Kier alpha value is -1.14. The van der Waals surface area contributed by atoms with Crippen LogP contribution in [0.2, 0.25) is 0 Å². The molecule has 0 aromatic heterocycles. The normalized spacial score (nSPS) is 16.5. The van der Waals surface area contributed by atoms with Gasteiger partial charge in [0.15, 0.2) is 0 Å². The van der Waals surface area contributed by atoms with Gasteiger partial charge in [-0.1, -0.05) is 13.3 Å². The van der Waals surface area contributed by atoms with E-state index >= 15 is 0 Å². The summed E-state index contributed by atoms with van der Waals surface area (Å²) in [6.45, 7) is 7.06. The van der Waals surface area contributed by atoms with Crippen molar-refractivity contribution in [3.05, 3.63) is 0 Å². The molecule has 1 fully saturated rings. The number of carbonyl (C=O) groups excluding carboxylic acids is 1. The summed E-state index contributed by atoms with van der Waals surface area (Å²) in [5, 5.41) is 11.2. The van der Waals surface area contributed by atoms with E-state index in [4.69, 9.17) is 10.8 Å². The van der Waals surface area contributed by atoms with Crippen LogP contribution in [0, 0.1) is 0 Å². The van der Waals surface area contributed by atoms with Gasteiger partial charge < -0.3 is 21.1 Å². The van der Waals surface area contributed by atoms with Crippen molar-refractivity contribution < 1.29 is 14.7 Å². The number of carbonyl (C=O) groups is 2. The lowest BCUT2D eigenvalue weighted by atomic mass is 10.2. The molecule has 0 aromatic rings. The van der Waals surface area contributed by atoms with Gasteiger partial charge in [-0.05, 0) is 13.3 Å². The van der Waals surface area contributed by atoms with E-state index in [1.165, 1.54) is 0 Å². The maximum atomic E-state index is 11.3. The number of unbranched alkanes of at least 4 members (excludes halogenated alkanes) is 1. The maximum absolute atomic E-state index is 11.3.